The lowest BCUT2D eigenvalue weighted by Gasteiger charge is -2.04. The van der Waals surface area contributed by atoms with Crippen molar-refractivity contribution in [3.05, 3.63) is 0 Å². The van der Waals surface area contributed by atoms with Crippen LogP contribution < -0.4 is 0 Å². The Labute approximate surface area is 64.2 Å². The minimum Gasteiger partial charge on any atom is -0.396 e. The van der Waals surface area contributed by atoms with Gasteiger partial charge in [-0.2, -0.15) is 13.2 Å². The molecule has 0 amide bonds. The molecule has 0 aliphatic rings. The minimum atomic E-state index is -4.01. The first kappa shape index (κ1) is 10.8. The fraction of sp³-hybridized carbons (Fsp3) is 1.00. The van der Waals surface area contributed by atoms with E-state index in [1.54, 1.807) is 0 Å². The average Bonchev–Trinajstić information content (AvgIpc) is 1.85. The Balaban J connectivity index is 3.02. The minimum absolute atomic E-state index is 0.0754. The fourth-order valence-electron chi connectivity index (χ4n) is 0.791. The standard InChI is InChI=1S/C7H13F3O/c8-7(9,10)5-3-1-2-4-6-11/h11H,1-6H2. The molecule has 0 unspecified atom stereocenters. The van der Waals surface area contributed by atoms with Crippen LogP contribution in [0.15, 0.2) is 0 Å². The molecule has 0 aliphatic carbocycles. The number of alkyl halides is 3. The third-order valence-corrected chi connectivity index (χ3v) is 1.37. The summed E-state index contributed by atoms with van der Waals surface area (Å²) >= 11 is 0. The Morgan fingerprint density at radius 1 is 0.909 bits per heavy atom. The molecule has 0 heterocycles. The van der Waals surface area contributed by atoms with Crippen LogP contribution in [-0.2, 0) is 0 Å². The van der Waals surface area contributed by atoms with Gasteiger partial charge in [-0.15, -0.1) is 0 Å². The van der Waals surface area contributed by atoms with E-state index in [1.165, 1.54) is 0 Å². The van der Waals surface area contributed by atoms with Crippen LogP contribution in [0.5, 0.6) is 0 Å². The first-order valence-electron chi connectivity index (χ1n) is 3.74. The van der Waals surface area contributed by atoms with Crippen molar-refractivity contribution in [1.29, 1.82) is 0 Å². The summed E-state index contributed by atoms with van der Waals surface area (Å²) in [5, 5.41) is 8.30. The molecule has 1 N–H and O–H groups in total. The van der Waals surface area contributed by atoms with Gasteiger partial charge in [0.15, 0.2) is 0 Å². The number of aliphatic hydroxyl groups is 1. The third kappa shape index (κ3) is 9.75. The van der Waals surface area contributed by atoms with Gasteiger partial charge in [-0.05, 0) is 12.8 Å². The Hall–Kier alpha value is -0.250. The fourth-order valence-corrected chi connectivity index (χ4v) is 0.791. The predicted molar refractivity (Wildman–Crippen MR) is 36.2 cm³/mol. The maximum atomic E-state index is 11.5. The number of hydrogen-bond acceptors (Lipinski definition) is 1. The highest BCUT2D eigenvalue weighted by atomic mass is 19.4. The van der Waals surface area contributed by atoms with Crippen molar-refractivity contribution in [1.82, 2.24) is 0 Å². The molecular weight excluding hydrogens is 157 g/mol. The largest absolute Gasteiger partial charge is 0.396 e. The van der Waals surface area contributed by atoms with Gasteiger partial charge in [-0.3, -0.25) is 0 Å². The maximum absolute atomic E-state index is 11.5. The molecule has 0 saturated carbocycles. The van der Waals surface area contributed by atoms with Crippen molar-refractivity contribution in [2.75, 3.05) is 6.61 Å². The molecule has 0 aromatic carbocycles. The lowest BCUT2D eigenvalue weighted by atomic mass is 10.1. The molecule has 0 radical (unpaired) electrons. The summed E-state index contributed by atoms with van der Waals surface area (Å²) in [5.74, 6) is 0. The second kappa shape index (κ2) is 5.41. The average molecular weight is 170 g/mol. The van der Waals surface area contributed by atoms with Crippen molar-refractivity contribution in [2.45, 2.75) is 38.3 Å². The van der Waals surface area contributed by atoms with Gasteiger partial charge in [0, 0.05) is 13.0 Å². The van der Waals surface area contributed by atoms with Crippen LogP contribution in [0, 0.1) is 0 Å². The molecule has 0 aromatic heterocycles. The van der Waals surface area contributed by atoms with Crippen LogP contribution in [0.3, 0.4) is 0 Å². The highest BCUT2D eigenvalue weighted by Crippen LogP contribution is 2.22. The zero-order valence-electron chi connectivity index (χ0n) is 6.32. The van der Waals surface area contributed by atoms with E-state index in [9.17, 15) is 13.2 Å². The SMILES string of the molecule is OCCCCCCC(F)(F)F. The van der Waals surface area contributed by atoms with Gasteiger partial charge >= 0.3 is 6.18 Å². The molecule has 1 nitrogen and oxygen atoms in total. The zero-order valence-corrected chi connectivity index (χ0v) is 6.32. The Bertz CT molecular complexity index is 90.2. The summed E-state index contributed by atoms with van der Waals surface area (Å²) < 4.78 is 34.5. The molecule has 0 aromatic rings. The van der Waals surface area contributed by atoms with Gasteiger partial charge in [0.2, 0.25) is 0 Å². The van der Waals surface area contributed by atoms with E-state index in [0.29, 0.717) is 19.3 Å². The highest BCUT2D eigenvalue weighted by molar-refractivity contribution is 4.50. The molecule has 0 aliphatic heterocycles. The molecule has 4 heteroatoms. The van der Waals surface area contributed by atoms with Crippen LogP contribution >= 0.6 is 0 Å². The first-order chi connectivity index (χ1) is 5.06. The van der Waals surface area contributed by atoms with Crippen LogP contribution in [0.4, 0.5) is 13.2 Å². The molecule has 0 spiro atoms. The number of hydrogen-bond donors (Lipinski definition) is 1. The number of aliphatic hydroxyl groups excluding tert-OH is 1. The Kier molecular flexibility index (Phi) is 5.28. The van der Waals surface area contributed by atoms with Crippen molar-refractivity contribution < 1.29 is 18.3 Å². The lowest BCUT2D eigenvalue weighted by molar-refractivity contribution is -0.135. The zero-order chi connectivity index (χ0) is 8.74. The van der Waals surface area contributed by atoms with Crippen molar-refractivity contribution in [2.24, 2.45) is 0 Å². The third-order valence-electron chi connectivity index (χ3n) is 1.37. The summed E-state index contributed by atoms with van der Waals surface area (Å²) in [4.78, 5) is 0. The predicted octanol–water partition coefficient (Wildman–Crippen LogP) is 2.49. The maximum Gasteiger partial charge on any atom is 0.389 e. The van der Waals surface area contributed by atoms with E-state index in [1.807, 2.05) is 0 Å². The smallest absolute Gasteiger partial charge is 0.389 e. The van der Waals surface area contributed by atoms with Gasteiger partial charge in [0.25, 0.3) is 0 Å². The van der Waals surface area contributed by atoms with Crippen molar-refractivity contribution >= 4 is 0 Å². The van der Waals surface area contributed by atoms with Crippen LogP contribution in [0.1, 0.15) is 32.1 Å². The summed E-state index contributed by atoms with van der Waals surface area (Å²) in [6, 6.07) is 0. The van der Waals surface area contributed by atoms with Gasteiger partial charge in [-0.25, -0.2) is 0 Å². The first-order valence-corrected chi connectivity index (χ1v) is 3.74. The number of rotatable bonds is 5. The van der Waals surface area contributed by atoms with Gasteiger partial charge in [0.1, 0.15) is 0 Å². The monoisotopic (exact) mass is 170 g/mol. The summed E-state index contributed by atoms with van der Waals surface area (Å²) in [7, 11) is 0. The van der Waals surface area contributed by atoms with Crippen LogP contribution in [-0.4, -0.2) is 17.9 Å². The molecule has 0 atom stereocenters. The molecule has 0 fully saturated rings. The summed E-state index contributed by atoms with van der Waals surface area (Å²) in [6.07, 6.45) is -2.67. The Morgan fingerprint density at radius 3 is 1.91 bits per heavy atom. The van der Waals surface area contributed by atoms with E-state index in [2.05, 4.69) is 0 Å². The summed E-state index contributed by atoms with van der Waals surface area (Å²) in [6.45, 7) is 0.0754. The van der Waals surface area contributed by atoms with E-state index in [0.717, 1.165) is 0 Å². The molecule has 68 valence electrons. The normalized spacial score (nSPS) is 12.0. The van der Waals surface area contributed by atoms with E-state index in [4.69, 9.17) is 5.11 Å². The van der Waals surface area contributed by atoms with E-state index < -0.39 is 12.6 Å². The van der Waals surface area contributed by atoms with E-state index in [-0.39, 0.29) is 13.0 Å². The molecule has 0 bridgehead atoms. The van der Waals surface area contributed by atoms with Gasteiger partial charge in [-0.1, -0.05) is 12.8 Å². The number of halogens is 3. The van der Waals surface area contributed by atoms with Crippen LogP contribution in [0.2, 0.25) is 0 Å². The van der Waals surface area contributed by atoms with E-state index >= 15 is 0 Å². The number of unbranched alkanes of at least 4 members (excludes halogenated alkanes) is 3. The van der Waals surface area contributed by atoms with Gasteiger partial charge in [0.05, 0.1) is 0 Å². The molecular formula is C7H13F3O. The molecule has 0 saturated heterocycles. The lowest BCUT2D eigenvalue weighted by Crippen LogP contribution is -2.06. The van der Waals surface area contributed by atoms with Crippen molar-refractivity contribution in [3.8, 4) is 0 Å². The van der Waals surface area contributed by atoms with Crippen LogP contribution in [0.25, 0.3) is 0 Å². The topological polar surface area (TPSA) is 20.2 Å². The second-order valence-electron chi connectivity index (χ2n) is 2.50. The second-order valence-corrected chi connectivity index (χ2v) is 2.50. The summed E-state index contributed by atoms with van der Waals surface area (Å²) in [5.41, 5.74) is 0. The highest BCUT2D eigenvalue weighted by Gasteiger charge is 2.25. The van der Waals surface area contributed by atoms with Crippen molar-refractivity contribution in [3.63, 3.8) is 0 Å². The molecule has 11 heavy (non-hydrogen) atoms. The molecule has 0 rings (SSSR count). The van der Waals surface area contributed by atoms with Gasteiger partial charge < -0.3 is 5.11 Å². The quantitative estimate of drug-likeness (QED) is 0.628. The Morgan fingerprint density at radius 2 is 1.45 bits per heavy atom.